The van der Waals surface area contributed by atoms with Crippen molar-refractivity contribution in [3.05, 3.63) is 50.6 Å². The Bertz CT molecular complexity index is 1440. The molecule has 1 saturated carbocycles. The molecule has 4 N–H and O–H groups in total. The normalized spacial score (nSPS) is 22.1. The van der Waals surface area contributed by atoms with Crippen molar-refractivity contribution in [2.24, 2.45) is 0 Å². The van der Waals surface area contributed by atoms with Gasteiger partial charge in [-0.25, -0.2) is 4.98 Å². The number of hydrogen-bond acceptors (Lipinski definition) is 7. The Morgan fingerprint density at radius 1 is 1.15 bits per heavy atom. The first-order valence-corrected chi connectivity index (χ1v) is 14.0. The van der Waals surface area contributed by atoms with E-state index in [-0.39, 0.29) is 36.7 Å². The van der Waals surface area contributed by atoms with Gasteiger partial charge in [0.15, 0.2) is 5.01 Å². The van der Waals surface area contributed by atoms with Crippen LogP contribution in [0.5, 0.6) is 0 Å². The summed E-state index contributed by atoms with van der Waals surface area (Å²) >= 11 is 7.47. The summed E-state index contributed by atoms with van der Waals surface area (Å²) in [6.45, 7) is 2.22. The molecule has 2 fully saturated rings. The van der Waals surface area contributed by atoms with Gasteiger partial charge < -0.3 is 30.5 Å². The minimum atomic E-state index is -1.29. The van der Waals surface area contributed by atoms with Crippen LogP contribution in [0.2, 0.25) is 5.02 Å². The largest absolute Gasteiger partial charge is 0.380 e. The topological polar surface area (TPSA) is 131 Å². The molecule has 3 aromatic rings. The van der Waals surface area contributed by atoms with Crippen LogP contribution in [0.15, 0.2) is 24.3 Å². The quantitative estimate of drug-likeness (QED) is 0.360. The summed E-state index contributed by atoms with van der Waals surface area (Å²) in [7, 11) is 2.04. The minimum Gasteiger partial charge on any atom is -0.380 e. The molecule has 0 radical (unpaired) electrons. The van der Waals surface area contributed by atoms with Gasteiger partial charge in [0.1, 0.15) is 11.3 Å². The van der Waals surface area contributed by atoms with Crippen LogP contribution in [0.3, 0.4) is 0 Å². The number of aromatic amines is 1. The number of benzene rings is 1. The Labute approximate surface area is 240 Å². The predicted molar refractivity (Wildman–Crippen MR) is 151 cm³/mol. The van der Waals surface area contributed by atoms with Gasteiger partial charge in [-0.2, -0.15) is 0 Å². The number of halogens is 2. The van der Waals surface area contributed by atoms with Crippen molar-refractivity contribution >= 4 is 64.0 Å². The van der Waals surface area contributed by atoms with E-state index in [2.05, 4.69) is 25.5 Å². The highest BCUT2D eigenvalue weighted by molar-refractivity contribution is 7.13. The van der Waals surface area contributed by atoms with Gasteiger partial charge >= 0.3 is 0 Å². The smallest absolute Gasteiger partial charge is 0.280 e. The average molecular weight is 594 g/mol. The summed E-state index contributed by atoms with van der Waals surface area (Å²) in [4.78, 5) is 51.9. The molecular formula is C26H30Cl2N6O4S. The fourth-order valence-corrected chi connectivity index (χ4v) is 6.48. The molecule has 6 rings (SSSR count). The first-order chi connectivity index (χ1) is 18.2. The molecule has 3 aliphatic rings. The molecule has 3 amide bonds. The summed E-state index contributed by atoms with van der Waals surface area (Å²) in [6, 6.07) is 6.13. The zero-order valence-electron chi connectivity index (χ0n) is 21.3. The number of carbonyl (C=O) groups is 3. The number of aromatic nitrogens is 2. The Balaban J connectivity index is 0.00000308. The SMILES string of the molecule is CN1CCc2nc(C(=O)NC3CN(C(=O)C4(O)CC4)CCC3NC(=O)c3cc4cc(Cl)ccc4[nH]3)sc2C1.Cl. The van der Waals surface area contributed by atoms with Crippen LogP contribution >= 0.6 is 35.3 Å². The number of piperidine rings is 1. The zero-order chi connectivity index (χ0) is 26.6. The van der Waals surface area contributed by atoms with E-state index in [4.69, 9.17) is 11.6 Å². The van der Waals surface area contributed by atoms with Crippen molar-refractivity contribution < 1.29 is 19.5 Å². The van der Waals surface area contributed by atoms with Crippen molar-refractivity contribution in [3.8, 4) is 0 Å². The number of likely N-dealkylation sites (N-methyl/N-ethyl adjacent to an activating group) is 1. The minimum absolute atomic E-state index is 0. The molecule has 0 bridgehead atoms. The first-order valence-electron chi connectivity index (χ1n) is 12.8. The van der Waals surface area contributed by atoms with E-state index in [1.165, 1.54) is 11.3 Å². The molecule has 2 unspecified atom stereocenters. The lowest BCUT2D eigenvalue weighted by Crippen LogP contribution is -2.62. The first kappa shape index (κ1) is 27.9. The van der Waals surface area contributed by atoms with Crippen molar-refractivity contribution in [2.75, 3.05) is 26.7 Å². The van der Waals surface area contributed by atoms with Gasteiger partial charge in [0.05, 0.1) is 17.8 Å². The second-order valence-corrected chi connectivity index (χ2v) is 12.0. The summed E-state index contributed by atoms with van der Waals surface area (Å²) in [6.07, 6.45) is 2.13. The molecule has 2 aromatic heterocycles. The standard InChI is InChI=1S/C26H29ClN6O4S.ClH/c1-32-8-4-18-21(13-32)38-24(31-18)23(35)30-20-12-33(25(36)26(37)6-7-26)9-5-17(20)29-22(34)19-11-14-10-15(27)2-3-16(14)28-19;/h2-3,10-11,17,20,28,37H,4-9,12-13H2,1H3,(H,29,34)(H,30,35);1H. The van der Waals surface area contributed by atoms with E-state index >= 15 is 0 Å². The average Bonchev–Trinajstić information content (AvgIpc) is 3.31. The lowest BCUT2D eigenvalue weighted by molar-refractivity contribution is -0.144. The van der Waals surface area contributed by atoms with Crippen LogP contribution < -0.4 is 10.6 Å². The molecule has 39 heavy (non-hydrogen) atoms. The molecule has 10 nitrogen and oxygen atoms in total. The third-order valence-corrected chi connectivity index (χ3v) is 8.91. The summed E-state index contributed by atoms with van der Waals surface area (Å²) in [5.74, 6) is -0.951. The van der Waals surface area contributed by atoms with Crippen LogP contribution in [0.1, 0.15) is 50.1 Å². The zero-order valence-corrected chi connectivity index (χ0v) is 23.7. The van der Waals surface area contributed by atoms with Gasteiger partial charge in [-0.3, -0.25) is 14.4 Å². The van der Waals surface area contributed by atoms with Crippen molar-refractivity contribution in [3.63, 3.8) is 0 Å². The molecule has 1 aliphatic carbocycles. The lowest BCUT2D eigenvalue weighted by atomic mass is 9.98. The van der Waals surface area contributed by atoms with Gasteiger partial charge in [-0.15, -0.1) is 23.7 Å². The molecule has 0 spiro atoms. The number of amides is 3. The highest BCUT2D eigenvalue weighted by atomic mass is 35.5. The number of nitrogens with zero attached hydrogens (tertiary/aromatic N) is 3. The number of fused-ring (bicyclic) bond motifs is 2. The maximum Gasteiger partial charge on any atom is 0.280 e. The number of nitrogens with one attached hydrogen (secondary N) is 3. The number of rotatable bonds is 5. The molecule has 2 aliphatic heterocycles. The molecule has 1 aromatic carbocycles. The van der Waals surface area contributed by atoms with E-state index in [1.54, 1.807) is 23.1 Å². The van der Waals surface area contributed by atoms with Crippen LogP contribution in [-0.2, 0) is 17.8 Å². The number of thiazole rings is 1. The van der Waals surface area contributed by atoms with Crippen molar-refractivity contribution in [2.45, 2.75) is 49.9 Å². The van der Waals surface area contributed by atoms with E-state index in [0.717, 1.165) is 41.0 Å². The van der Waals surface area contributed by atoms with Crippen LogP contribution in [0, 0.1) is 0 Å². The summed E-state index contributed by atoms with van der Waals surface area (Å²) in [5.41, 5.74) is 0.839. The van der Waals surface area contributed by atoms with Gasteiger partial charge in [0, 0.05) is 53.4 Å². The van der Waals surface area contributed by atoms with E-state index in [0.29, 0.717) is 41.5 Å². The summed E-state index contributed by atoms with van der Waals surface area (Å²) in [5, 5.41) is 18.2. The van der Waals surface area contributed by atoms with Crippen molar-refractivity contribution in [1.29, 1.82) is 0 Å². The van der Waals surface area contributed by atoms with E-state index in [1.807, 2.05) is 13.1 Å². The Morgan fingerprint density at radius 2 is 1.92 bits per heavy atom. The van der Waals surface area contributed by atoms with Gasteiger partial charge in [0.2, 0.25) is 0 Å². The number of likely N-dealkylation sites (tertiary alicyclic amines) is 1. The predicted octanol–water partition coefficient (Wildman–Crippen LogP) is 2.34. The molecule has 4 heterocycles. The van der Waals surface area contributed by atoms with Gasteiger partial charge in [-0.1, -0.05) is 11.6 Å². The lowest BCUT2D eigenvalue weighted by Gasteiger charge is -2.39. The molecular weight excluding hydrogens is 563 g/mol. The van der Waals surface area contributed by atoms with Gasteiger partial charge in [0.25, 0.3) is 17.7 Å². The van der Waals surface area contributed by atoms with Crippen LogP contribution in [-0.4, -0.2) is 87.0 Å². The number of H-pyrrole nitrogens is 1. The van der Waals surface area contributed by atoms with Crippen LogP contribution in [0.4, 0.5) is 0 Å². The molecule has 13 heteroatoms. The maximum atomic E-state index is 13.3. The molecule has 2 atom stereocenters. The number of aliphatic hydroxyl groups is 1. The number of hydrogen-bond donors (Lipinski definition) is 4. The maximum absolute atomic E-state index is 13.3. The van der Waals surface area contributed by atoms with Crippen molar-refractivity contribution in [1.82, 2.24) is 30.4 Å². The Kier molecular flexibility index (Phi) is 7.64. The summed E-state index contributed by atoms with van der Waals surface area (Å²) < 4.78 is 0. The third kappa shape index (κ3) is 5.64. The second kappa shape index (κ2) is 10.7. The number of carbonyl (C=O) groups excluding carboxylic acids is 3. The Morgan fingerprint density at radius 3 is 2.69 bits per heavy atom. The highest BCUT2D eigenvalue weighted by Crippen LogP contribution is 2.37. The third-order valence-electron chi connectivity index (χ3n) is 7.60. The fraction of sp³-hybridized carbons (Fsp3) is 0.462. The van der Waals surface area contributed by atoms with E-state index in [9.17, 15) is 19.5 Å². The van der Waals surface area contributed by atoms with Crippen LogP contribution in [0.25, 0.3) is 10.9 Å². The second-order valence-electron chi connectivity index (χ2n) is 10.5. The Hall–Kier alpha value is -2.70. The highest BCUT2D eigenvalue weighted by Gasteiger charge is 2.51. The monoisotopic (exact) mass is 592 g/mol. The fourth-order valence-electron chi connectivity index (χ4n) is 5.20. The van der Waals surface area contributed by atoms with E-state index < -0.39 is 17.7 Å². The molecule has 208 valence electrons. The van der Waals surface area contributed by atoms with Gasteiger partial charge in [-0.05, 0) is 50.6 Å². The molecule has 1 saturated heterocycles.